The summed E-state index contributed by atoms with van der Waals surface area (Å²) in [6.45, 7) is 3.86. The van der Waals surface area contributed by atoms with Crippen molar-refractivity contribution in [3.05, 3.63) is 95.1 Å². The van der Waals surface area contributed by atoms with E-state index < -0.39 is 23.9 Å². The Kier molecular flexibility index (Phi) is 4.81. The molecule has 3 heterocycles. The highest BCUT2D eigenvalue weighted by Crippen LogP contribution is 2.52. The van der Waals surface area contributed by atoms with E-state index in [-0.39, 0.29) is 17.7 Å². The Labute approximate surface area is 203 Å². The van der Waals surface area contributed by atoms with Gasteiger partial charge < -0.3 is 5.32 Å². The summed E-state index contributed by atoms with van der Waals surface area (Å²) in [4.78, 5) is 42.7. The third-order valence-corrected chi connectivity index (χ3v) is 7.20. The molecule has 2 fully saturated rings. The zero-order valence-electron chi connectivity index (χ0n) is 19.4. The summed E-state index contributed by atoms with van der Waals surface area (Å²) in [7, 11) is 0. The maximum absolute atomic E-state index is 13.9. The number of para-hydroxylation sites is 1. The van der Waals surface area contributed by atoms with Gasteiger partial charge in [0.05, 0.1) is 29.8 Å². The van der Waals surface area contributed by atoms with E-state index in [4.69, 9.17) is 0 Å². The first kappa shape index (κ1) is 21.3. The lowest BCUT2D eigenvalue weighted by Crippen LogP contribution is -2.46. The average molecular weight is 465 g/mol. The lowest BCUT2D eigenvalue weighted by Gasteiger charge is -2.33. The number of hydrogen-bond donors (Lipinski definition) is 1. The van der Waals surface area contributed by atoms with Crippen molar-refractivity contribution in [3.63, 3.8) is 0 Å². The van der Waals surface area contributed by atoms with Crippen LogP contribution in [-0.4, -0.2) is 35.0 Å². The second-order valence-electron chi connectivity index (χ2n) is 9.35. The van der Waals surface area contributed by atoms with Crippen molar-refractivity contribution in [1.82, 2.24) is 5.01 Å². The van der Waals surface area contributed by atoms with Crippen LogP contribution >= 0.6 is 0 Å². The highest BCUT2D eigenvalue weighted by Gasteiger charge is 2.65. The van der Waals surface area contributed by atoms with Crippen LogP contribution in [0.1, 0.15) is 28.3 Å². The zero-order valence-corrected chi connectivity index (χ0v) is 19.4. The number of carbonyl (C=O) groups is 3. The summed E-state index contributed by atoms with van der Waals surface area (Å²) in [5.41, 5.74) is 4.88. The Morgan fingerprint density at radius 1 is 0.886 bits per heavy atom. The number of nitrogens with one attached hydrogen (secondary N) is 1. The van der Waals surface area contributed by atoms with Crippen LogP contribution in [0.15, 0.2) is 77.9 Å². The number of imide groups is 1. The fourth-order valence-corrected chi connectivity index (χ4v) is 5.70. The largest absolute Gasteiger partial charge is 0.324 e. The molecule has 0 aromatic heterocycles. The molecule has 0 bridgehead atoms. The zero-order chi connectivity index (χ0) is 24.3. The topological polar surface area (TPSA) is 82.1 Å². The van der Waals surface area contributed by atoms with Gasteiger partial charge in [0, 0.05) is 5.69 Å². The summed E-state index contributed by atoms with van der Waals surface area (Å²) in [6, 6.07) is 21.1. The Bertz CT molecular complexity index is 1400. The number of benzene rings is 3. The first-order valence-electron chi connectivity index (χ1n) is 11.7. The molecule has 6 rings (SSSR count). The van der Waals surface area contributed by atoms with Crippen molar-refractivity contribution in [2.45, 2.75) is 25.9 Å². The monoisotopic (exact) mass is 464 g/mol. The summed E-state index contributed by atoms with van der Waals surface area (Å²) in [5.74, 6) is -2.56. The maximum atomic E-state index is 13.9. The van der Waals surface area contributed by atoms with Gasteiger partial charge in [-0.15, -0.1) is 0 Å². The predicted octanol–water partition coefficient (Wildman–Crippen LogP) is 3.82. The molecule has 2 saturated heterocycles. The number of aryl methyl sites for hydroxylation is 2. The molecule has 3 aliphatic rings. The van der Waals surface area contributed by atoms with E-state index in [0.717, 1.165) is 22.3 Å². The van der Waals surface area contributed by atoms with E-state index in [1.807, 2.05) is 74.5 Å². The molecule has 174 valence electrons. The molecule has 1 N–H and O–H groups in total. The van der Waals surface area contributed by atoms with Gasteiger partial charge in [-0.1, -0.05) is 60.2 Å². The number of hydrogen-bond acceptors (Lipinski definition) is 5. The number of hydrazone groups is 1. The smallest absolute Gasteiger partial charge is 0.249 e. The van der Waals surface area contributed by atoms with Gasteiger partial charge >= 0.3 is 0 Å². The molecule has 0 saturated carbocycles. The van der Waals surface area contributed by atoms with E-state index in [0.29, 0.717) is 11.4 Å². The molecule has 7 nitrogen and oxygen atoms in total. The lowest BCUT2D eigenvalue weighted by atomic mass is 9.85. The molecule has 3 aromatic rings. The molecular formula is C28H24N4O3. The van der Waals surface area contributed by atoms with Crippen molar-refractivity contribution < 1.29 is 14.4 Å². The quantitative estimate of drug-likeness (QED) is 0.598. The number of amides is 3. The van der Waals surface area contributed by atoms with Crippen molar-refractivity contribution >= 4 is 35.3 Å². The molecule has 0 radical (unpaired) electrons. The Morgan fingerprint density at radius 3 is 2.37 bits per heavy atom. The van der Waals surface area contributed by atoms with Crippen molar-refractivity contribution in [2.24, 2.45) is 16.9 Å². The van der Waals surface area contributed by atoms with Crippen LogP contribution in [0.25, 0.3) is 0 Å². The van der Waals surface area contributed by atoms with E-state index in [1.165, 1.54) is 4.90 Å². The van der Waals surface area contributed by atoms with Gasteiger partial charge in [0.1, 0.15) is 6.04 Å². The number of nitrogens with zero attached hydrogens (tertiary/aromatic N) is 3. The maximum Gasteiger partial charge on any atom is 0.249 e. The van der Waals surface area contributed by atoms with Gasteiger partial charge in [0.25, 0.3) is 0 Å². The molecular weight excluding hydrogens is 440 g/mol. The van der Waals surface area contributed by atoms with Crippen LogP contribution in [0.5, 0.6) is 0 Å². The van der Waals surface area contributed by atoms with Crippen molar-refractivity contribution in [3.8, 4) is 0 Å². The number of carbonyl (C=O) groups excluding carboxylic acids is 3. The molecule has 7 heteroatoms. The minimum Gasteiger partial charge on any atom is -0.324 e. The van der Waals surface area contributed by atoms with Crippen LogP contribution in [0.3, 0.4) is 0 Å². The summed E-state index contributed by atoms with van der Waals surface area (Å²) in [6.07, 6.45) is 1.70. The van der Waals surface area contributed by atoms with Gasteiger partial charge in [-0.05, 0) is 48.7 Å². The van der Waals surface area contributed by atoms with Crippen molar-refractivity contribution in [2.75, 3.05) is 10.2 Å². The molecule has 0 aliphatic carbocycles. The second kappa shape index (κ2) is 7.91. The summed E-state index contributed by atoms with van der Waals surface area (Å²) in [5, 5.41) is 9.16. The normalized spacial score (nSPS) is 24.3. The Balaban J connectivity index is 1.46. The van der Waals surface area contributed by atoms with Gasteiger partial charge in [0.15, 0.2) is 0 Å². The molecule has 3 aromatic carbocycles. The van der Waals surface area contributed by atoms with Crippen LogP contribution in [0, 0.1) is 25.7 Å². The van der Waals surface area contributed by atoms with Crippen LogP contribution < -0.4 is 10.2 Å². The molecule has 0 unspecified atom stereocenters. The minimum atomic E-state index is -0.915. The first-order valence-corrected chi connectivity index (χ1v) is 11.7. The Morgan fingerprint density at radius 2 is 1.60 bits per heavy atom. The second-order valence-corrected chi connectivity index (χ2v) is 9.35. The van der Waals surface area contributed by atoms with E-state index in [1.54, 1.807) is 23.4 Å². The van der Waals surface area contributed by atoms with Crippen LogP contribution in [0.2, 0.25) is 0 Å². The molecule has 35 heavy (non-hydrogen) atoms. The summed E-state index contributed by atoms with van der Waals surface area (Å²) >= 11 is 0. The van der Waals surface area contributed by atoms with Gasteiger partial charge in [-0.2, -0.15) is 5.10 Å². The molecule has 3 aliphatic heterocycles. The van der Waals surface area contributed by atoms with E-state index in [9.17, 15) is 14.4 Å². The van der Waals surface area contributed by atoms with Crippen LogP contribution in [0.4, 0.5) is 11.4 Å². The highest BCUT2D eigenvalue weighted by molar-refractivity contribution is 6.24. The van der Waals surface area contributed by atoms with E-state index in [2.05, 4.69) is 10.4 Å². The Hall–Kier alpha value is -4.26. The molecule has 0 spiro atoms. The summed E-state index contributed by atoms with van der Waals surface area (Å²) < 4.78 is 0. The third-order valence-electron chi connectivity index (χ3n) is 7.20. The van der Waals surface area contributed by atoms with E-state index >= 15 is 0 Å². The predicted molar refractivity (Wildman–Crippen MR) is 133 cm³/mol. The van der Waals surface area contributed by atoms with Gasteiger partial charge in [-0.25, -0.2) is 4.90 Å². The van der Waals surface area contributed by atoms with Gasteiger partial charge in [-0.3, -0.25) is 19.4 Å². The van der Waals surface area contributed by atoms with Crippen LogP contribution in [-0.2, 0) is 14.4 Å². The van der Waals surface area contributed by atoms with Crippen molar-refractivity contribution in [1.29, 1.82) is 0 Å². The molecule has 4 atom stereocenters. The number of rotatable bonds is 3. The first-order chi connectivity index (χ1) is 17.0. The lowest BCUT2D eigenvalue weighted by molar-refractivity contribution is -0.129. The minimum absolute atomic E-state index is 0.288. The SMILES string of the molecule is Cc1ccc(N2C(=O)[C@@H]3[C@H](C2=O)[C@@H]2c4ccccc4C=NN2[C@@H]3C(=O)Nc2ccccc2)c(C)c1. The average Bonchev–Trinajstić information content (AvgIpc) is 3.33. The number of anilines is 2. The standard InChI is InChI=1S/C28H24N4O3/c1-16-12-13-21(17(2)14-16)31-27(34)22-23(28(31)35)25(26(33)30-19-9-4-3-5-10-19)32-24(22)20-11-7-6-8-18(20)15-29-32/h3-15,22-25H,1-2H3,(H,30,33)/t22-,23+,24-,25-/m0/s1. The fourth-order valence-electron chi connectivity index (χ4n) is 5.70. The third kappa shape index (κ3) is 3.19. The fraction of sp³-hybridized carbons (Fsp3) is 0.214. The number of fused-ring (bicyclic) bond motifs is 5. The van der Waals surface area contributed by atoms with Gasteiger partial charge in [0.2, 0.25) is 17.7 Å². The highest BCUT2D eigenvalue weighted by atomic mass is 16.2. The molecule has 3 amide bonds.